The molecule has 0 bridgehead atoms. The normalized spacial score (nSPS) is 11.9. The lowest BCUT2D eigenvalue weighted by Gasteiger charge is -2.18. The minimum absolute atomic E-state index is 0.0844. The van der Waals surface area contributed by atoms with Crippen molar-refractivity contribution in [2.45, 2.75) is 46.6 Å². The van der Waals surface area contributed by atoms with Crippen molar-refractivity contribution >= 4 is 22.8 Å². The van der Waals surface area contributed by atoms with Gasteiger partial charge in [0.1, 0.15) is 23.0 Å². The number of amides is 1. The number of benzene rings is 3. The van der Waals surface area contributed by atoms with Gasteiger partial charge in [0.05, 0.1) is 6.04 Å². The van der Waals surface area contributed by atoms with Gasteiger partial charge in [-0.25, -0.2) is 4.39 Å². The van der Waals surface area contributed by atoms with Crippen LogP contribution >= 0.6 is 0 Å². The van der Waals surface area contributed by atoms with Gasteiger partial charge < -0.3 is 19.7 Å². The first-order valence-electron chi connectivity index (χ1n) is 12.2. The zero-order chi connectivity index (χ0) is 26.9. The van der Waals surface area contributed by atoms with Crippen molar-refractivity contribution < 1.29 is 23.8 Å². The summed E-state index contributed by atoms with van der Waals surface area (Å²) >= 11 is 0. The number of hydrogen-bond donors (Lipinski definition) is 2. The van der Waals surface area contributed by atoms with Crippen LogP contribution in [0.1, 0.15) is 57.7 Å². The van der Waals surface area contributed by atoms with E-state index in [1.54, 1.807) is 17.7 Å². The zero-order valence-corrected chi connectivity index (χ0v) is 21.7. The lowest BCUT2D eigenvalue weighted by molar-refractivity contribution is -0.136. The summed E-state index contributed by atoms with van der Waals surface area (Å²) < 4.78 is 21.7. The topological polar surface area (TPSA) is 80.6 Å². The molecular formula is C30H31FN2O4. The number of fused-ring (bicyclic) bond motifs is 1. The molecule has 4 rings (SSSR count). The Labute approximate surface area is 215 Å². The van der Waals surface area contributed by atoms with Gasteiger partial charge in [0.15, 0.2) is 0 Å². The van der Waals surface area contributed by atoms with E-state index in [4.69, 9.17) is 9.84 Å². The number of carboxylic acids is 1. The maximum Gasteiger partial charge on any atom is 0.303 e. The van der Waals surface area contributed by atoms with Crippen LogP contribution in [0.5, 0.6) is 11.5 Å². The maximum atomic E-state index is 13.8. The van der Waals surface area contributed by atoms with E-state index in [0.717, 1.165) is 38.7 Å². The van der Waals surface area contributed by atoms with Crippen molar-refractivity contribution in [3.05, 3.63) is 93.9 Å². The molecule has 0 spiro atoms. The summed E-state index contributed by atoms with van der Waals surface area (Å²) in [5.74, 6) is -0.0922. The van der Waals surface area contributed by atoms with Crippen LogP contribution in [-0.4, -0.2) is 21.6 Å². The van der Waals surface area contributed by atoms with Crippen LogP contribution in [0.3, 0.4) is 0 Å². The monoisotopic (exact) mass is 502 g/mol. The van der Waals surface area contributed by atoms with Crippen LogP contribution < -0.4 is 10.1 Å². The summed E-state index contributed by atoms with van der Waals surface area (Å²) in [6, 6.07) is 15.7. The van der Waals surface area contributed by atoms with E-state index in [2.05, 4.69) is 5.32 Å². The van der Waals surface area contributed by atoms with Gasteiger partial charge in [-0.05, 0) is 104 Å². The Hall–Kier alpha value is -4.13. The summed E-state index contributed by atoms with van der Waals surface area (Å²) in [5.41, 5.74) is 5.85. The third kappa shape index (κ3) is 5.66. The number of hydrogen-bond acceptors (Lipinski definition) is 3. The molecule has 0 fully saturated rings. The standard InChI is InChI=1S/C30H31FN2O4/c1-17-12-22(15-25(13-17)37-24-9-6-21(18(2)14-24)7-11-28(34)35)20(4)32-30(36)29-19(3)26-16-23(31)8-10-27(26)33(29)5/h6,8-10,12-16,20H,7,11H2,1-5H3,(H,32,36)(H,34,35). The number of carbonyl (C=O) groups excluding carboxylic acids is 1. The molecule has 1 unspecified atom stereocenters. The van der Waals surface area contributed by atoms with Gasteiger partial charge in [0.25, 0.3) is 5.91 Å². The van der Waals surface area contributed by atoms with Crippen LogP contribution in [0.15, 0.2) is 54.6 Å². The van der Waals surface area contributed by atoms with Crippen LogP contribution in [0.4, 0.5) is 4.39 Å². The van der Waals surface area contributed by atoms with Crippen molar-refractivity contribution in [1.82, 2.24) is 9.88 Å². The number of aromatic nitrogens is 1. The molecule has 1 aromatic heterocycles. The Morgan fingerprint density at radius 2 is 1.78 bits per heavy atom. The van der Waals surface area contributed by atoms with Crippen molar-refractivity contribution in [1.29, 1.82) is 0 Å². The molecule has 0 aliphatic rings. The first-order valence-corrected chi connectivity index (χ1v) is 12.2. The van der Waals surface area contributed by atoms with Gasteiger partial charge >= 0.3 is 5.97 Å². The summed E-state index contributed by atoms with van der Waals surface area (Å²) in [7, 11) is 1.81. The molecular weight excluding hydrogens is 471 g/mol. The molecule has 1 atom stereocenters. The molecule has 1 heterocycles. The molecule has 4 aromatic rings. The number of aliphatic carboxylic acids is 1. The van der Waals surface area contributed by atoms with Crippen LogP contribution in [0.2, 0.25) is 0 Å². The Bertz CT molecular complexity index is 1510. The Balaban J connectivity index is 1.53. The molecule has 0 saturated heterocycles. The number of rotatable bonds is 8. The minimum Gasteiger partial charge on any atom is -0.481 e. The van der Waals surface area contributed by atoms with Crippen molar-refractivity contribution in [3.8, 4) is 11.5 Å². The van der Waals surface area contributed by atoms with Crippen LogP contribution in [0.25, 0.3) is 10.9 Å². The van der Waals surface area contributed by atoms with E-state index in [-0.39, 0.29) is 24.2 Å². The first kappa shape index (κ1) is 25.9. The molecule has 0 saturated carbocycles. The fraction of sp³-hybridized carbons (Fsp3) is 0.267. The van der Waals surface area contributed by atoms with Gasteiger partial charge in [0, 0.05) is 24.4 Å². The van der Waals surface area contributed by atoms with Crippen molar-refractivity contribution in [2.75, 3.05) is 0 Å². The number of nitrogens with one attached hydrogen (secondary N) is 1. The molecule has 7 heteroatoms. The second-order valence-electron chi connectivity index (χ2n) is 9.55. The van der Waals surface area contributed by atoms with Gasteiger partial charge in [0.2, 0.25) is 0 Å². The number of aryl methyl sites for hydroxylation is 5. The van der Waals surface area contributed by atoms with Gasteiger partial charge in [-0.2, -0.15) is 0 Å². The highest BCUT2D eigenvalue weighted by atomic mass is 19.1. The maximum absolute atomic E-state index is 13.8. The lowest BCUT2D eigenvalue weighted by atomic mass is 10.0. The number of carboxylic acid groups (broad SMARTS) is 1. The second-order valence-corrected chi connectivity index (χ2v) is 9.55. The smallest absolute Gasteiger partial charge is 0.303 e. The molecule has 0 aliphatic heterocycles. The molecule has 3 aromatic carbocycles. The lowest BCUT2D eigenvalue weighted by Crippen LogP contribution is -2.29. The highest BCUT2D eigenvalue weighted by Crippen LogP contribution is 2.29. The summed E-state index contributed by atoms with van der Waals surface area (Å²) in [6.45, 7) is 7.64. The fourth-order valence-electron chi connectivity index (χ4n) is 4.75. The fourth-order valence-corrected chi connectivity index (χ4v) is 4.75. The third-order valence-corrected chi connectivity index (χ3v) is 6.71. The molecule has 1 amide bonds. The van der Waals surface area contributed by atoms with Crippen molar-refractivity contribution in [3.63, 3.8) is 0 Å². The summed E-state index contributed by atoms with van der Waals surface area (Å²) in [5, 5.41) is 12.7. The van der Waals surface area contributed by atoms with Crippen LogP contribution in [-0.2, 0) is 18.3 Å². The first-order chi connectivity index (χ1) is 17.5. The average molecular weight is 503 g/mol. The minimum atomic E-state index is -0.822. The van der Waals surface area contributed by atoms with E-state index in [1.807, 2.05) is 64.1 Å². The molecule has 37 heavy (non-hydrogen) atoms. The van der Waals surface area contributed by atoms with Crippen LogP contribution in [0, 0.1) is 26.6 Å². The average Bonchev–Trinajstić information content (AvgIpc) is 3.07. The molecule has 192 valence electrons. The summed E-state index contributed by atoms with van der Waals surface area (Å²) in [4.78, 5) is 24.1. The SMILES string of the molecule is Cc1cc(Oc2ccc(CCC(=O)O)c(C)c2)cc(C(C)NC(=O)c2c(C)c3cc(F)ccc3n2C)c1. The van der Waals surface area contributed by atoms with E-state index >= 15 is 0 Å². The Morgan fingerprint density at radius 3 is 2.49 bits per heavy atom. The summed E-state index contributed by atoms with van der Waals surface area (Å²) in [6.07, 6.45) is 0.555. The molecule has 0 aliphatic carbocycles. The number of ether oxygens (including phenoxy) is 1. The molecule has 6 nitrogen and oxygen atoms in total. The molecule has 0 radical (unpaired) electrons. The predicted octanol–water partition coefficient (Wildman–Crippen LogP) is 6.54. The van der Waals surface area contributed by atoms with Gasteiger partial charge in [-0.15, -0.1) is 0 Å². The highest BCUT2D eigenvalue weighted by molar-refractivity contribution is 6.01. The van der Waals surface area contributed by atoms with E-state index < -0.39 is 5.97 Å². The number of carbonyl (C=O) groups is 2. The number of halogens is 1. The Kier molecular flexibility index (Phi) is 7.34. The zero-order valence-electron chi connectivity index (χ0n) is 21.7. The third-order valence-electron chi connectivity index (χ3n) is 6.71. The van der Waals surface area contributed by atoms with E-state index in [0.29, 0.717) is 23.6 Å². The van der Waals surface area contributed by atoms with Crippen molar-refractivity contribution in [2.24, 2.45) is 7.05 Å². The predicted molar refractivity (Wildman–Crippen MR) is 142 cm³/mol. The highest BCUT2D eigenvalue weighted by Gasteiger charge is 2.21. The quantitative estimate of drug-likeness (QED) is 0.287. The van der Waals surface area contributed by atoms with Gasteiger partial charge in [-0.1, -0.05) is 12.1 Å². The van der Waals surface area contributed by atoms with E-state index in [1.165, 1.54) is 12.1 Å². The van der Waals surface area contributed by atoms with Gasteiger partial charge in [-0.3, -0.25) is 9.59 Å². The Morgan fingerprint density at radius 1 is 1.03 bits per heavy atom. The largest absolute Gasteiger partial charge is 0.481 e. The number of nitrogens with zero attached hydrogens (tertiary/aromatic N) is 1. The van der Waals surface area contributed by atoms with E-state index in [9.17, 15) is 14.0 Å². The second kappa shape index (κ2) is 10.5. The molecule has 2 N–H and O–H groups in total.